The summed E-state index contributed by atoms with van der Waals surface area (Å²) in [5, 5.41) is 9.17. The first-order chi connectivity index (χ1) is 7.94. The lowest BCUT2D eigenvalue weighted by Crippen LogP contribution is -2.39. The zero-order valence-electron chi connectivity index (χ0n) is 10.7. The van der Waals surface area contributed by atoms with E-state index in [-0.39, 0.29) is 17.7 Å². The van der Waals surface area contributed by atoms with Gasteiger partial charge in [-0.05, 0) is 19.9 Å². The maximum Gasteiger partial charge on any atom is 0.148 e. The van der Waals surface area contributed by atoms with Crippen LogP contribution >= 0.6 is 0 Å². The molecule has 0 spiro atoms. The highest BCUT2D eigenvalue weighted by molar-refractivity contribution is 7.90. The maximum absolute atomic E-state index is 11.1. The van der Waals surface area contributed by atoms with Gasteiger partial charge in [-0.25, -0.2) is 8.42 Å². The average molecular weight is 258 g/mol. The van der Waals surface area contributed by atoms with Crippen LogP contribution in [0.2, 0.25) is 0 Å². The average Bonchev–Trinajstić information content (AvgIpc) is 2.49. The number of hydrogen-bond donors (Lipinski definition) is 0. The number of nitrogens with zero attached hydrogens (tertiary/aromatic N) is 2. The first-order valence-electron chi connectivity index (χ1n) is 6.21. The van der Waals surface area contributed by atoms with E-state index < -0.39 is 9.84 Å². The van der Waals surface area contributed by atoms with Crippen molar-refractivity contribution in [3.8, 4) is 6.07 Å². The molecule has 0 saturated heterocycles. The SMILES string of the molecule is CN(CCS(C)(=O)=O)C1CCCCCC1C#N. The van der Waals surface area contributed by atoms with Gasteiger partial charge in [-0.2, -0.15) is 5.26 Å². The van der Waals surface area contributed by atoms with Crippen LogP contribution in [-0.4, -0.2) is 45.0 Å². The minimum Gasteiger partial charge on any atom is -0.301 e. The van der Waals surface area contributed by atoms with Crippen LogP contribution < -0.4 is 0 Å². The molecule has 0 aromatic rings. The van der Waals surface area contributed by atoms with E-state index in [1.54, 1.807) is 0 Å². The Labute approximate surface area is 105 Å². The Hall–Kier alpha value is -0.600. The molecule has 0 aliphatic heterocycles. The van der Waals surface area contributed by atoms with Crippen molar-refractivity contribution in [3.63, 3.8) is 0 Å². The Bertz CT molecular complexity index is 372. The Balaban J connectivity index is 2.58. The first-order valence-corrected chi connectivity index (χ1v) is 8.27. The summed E-state index contributed by atoms with van der Waals surface area (Å²) in [6, 6.07) is 2.61. The maximum atomic E-state index is 11.1. The lowest BCUT2D eigenvalue weighted by Gasteiger charge is -2.29. The van der Waals surface area contributed by atoms with Crippen LogP contribution in [-0.2, 0) is 9.84 Å². The van der Waals surface area contributed by atoms with Crippen LogP contribution in [0.1, 0.15) is 32.1 Å². The van der Waals surface area contributed by atoms with E-state index in [4.69, 9.17) is 5.26 Å². The fourth-order valence-electron chi connectivity index (χ4n) is 2.44. The Kier molecular flexibility index (Phi) is 5.41. The first kappa shape index (κ1) is 14.5. The fourth-order valence-corrected chi connectivity index (χ4v) is 3.06. The molecule has 0 amide bonds. The van der Waals surface area contributed by atoms with Crippen LogP contribution in [0.15, 0.2) is 0 Å². The van der Waals surface area contributed by atoms with Crippen molar-refractivity contribution in [3.05, 3.63) is 0 Å². The van der Waals surface area contributed by atoms with Crippen LogP contribution in [0, 0.1) is 17.2 Å². The van der Waals surface area contributed by atoms with Crippen LogP contribution in [0.25, 0.3) is 0 Å². The molecule has 98 valence electrons. The van der Waals surface area contributed by atoms with Gasteiger partial charge >= 0.3 is 0 Å². The molecule has 1 rings (SSSR count). The van der Waals surface area contributed by atoms with Crippen molar-refractivity contribution in [2.24, 2.45) is 5.92 Å². The van der Waals surface area contributed by atoms with Gasteiger partial charge in [-0.1, -0.05) is 19.3 Å². The second kappa shape index (κ2) is 6.36. The van der Waals surface area contributed by atoms with Gasteiger partial charge in [-0.3, -0.25) is 0 Å². The number of sulfone groups is 1. The van der Waals surface area contributed by atoms with Gasteiger partial charge in [0, 0.05) is 18.8 Å². The van der Waals surface area contributed by atoms with Crippen LogP contribution in [0.5, 0.6) is 0 Å². The largest absolute Gasteiger partial charge is 0.301 e. The van der Waals surface area contributed by atoms with Gasteiger partial charge in [0.2, 0.25) is 0 Å². The van der Waals surface area contributed by atoms with E-state index in [1.165, 1.54) is 12.7 Å². The van der Waals surface area contributed by atoms with E-state index in [9.17, 15) is 8.42 Å². The van der Waals surface area contributed by atoms with Gasteiger partial charge < -0.3 is 4.90 Å². The summed E-state index contributed by atoms with van der Waals surface area (Å²) in [6.07, 6.45) is 6.67. The molecule has 4 nitrogen and oxygen atoms in total. The van der Waals surface area contributed by atoms with E-state index in [0.717, 1.165) is 25.7 Å². The molecule has 0 bridgehead atoms. The van der Waals surface area contributed by atoms with Crippen molar-refractivity contribution in [1.82, 2.24) is 4.90 Å². The molecule has 5 heteroatoms. The Morgan fingerprint density at radius 2 is 1.94 bits per heavy atom. The van der Waals surface area contributed by atoms with Gasteiger partial charge in [0.25, 0.3) is 0 Å². The number of hydrogen-bond acceptors (Lipinski definition) is 4. The van der Waals surface area contributed by atoms with Gasteiger partial charge in [0.15, 0.2) is 0 Å². The summed E-state index contributed by atoms with van der Waals surface area (Å²) in [6.45, 7) is 0.529. The zero-order chi connectivity index (χ0) is 12.9. The van der Waals surface area contributed by atoms with E-state index >= 15 is 0 Å². The molecule has 1 saturated carbocycles. The summed E-state index contributed by atoms with van der Waals surface area (Å²) in [7, 11) is -0.980. The third-order valence-corrected chi connectivity index (χ3v) is 4.45. The quantitative estimate of drug-likeness (QED) is 0.716. The molecular formula is C12H22N2O2S. The topological polar surface area (TPSA) is 61.2 Å². The van der Waals surface area contributed by atoms with Crippen molar-refractivity contribution < 1.29 is 8.42 Å². The summed E-state index contributed by atoms with van der Waals surface area (Å²) in [4.78, 5) is 2.06. The van der Waals surface area contributed by atoms with Gasteiger partial charge in [-0.15, -0.1) is 0 Å². The van der Waals surface area contributed by atoms with Gasteiger partial charge in [0.1, 0.15) is 9.84 Å². The number of rotatable bonds is 4. The molecule has 1 fully saturated rings. The van der Waals surface area contributed by atoms with E-state index in [2.05, 4.69) is 11.0 Å². The smallest absolute Gasteiger partial charge is 0.148 e. The third-order valence-electron chi connectivity index (χ3n) is 3.53. The highest BCUT2D eigenvalue weighted by Crippen LogP contribution is 2.26. The minimum atomic E-state index is -2.92. The predicted octanol–water partition coefficient (Wildman–Crippen LogP) is 1.44. The second-order valence-electron chi connectivity index (χ2n) is 5.05. The third kappa shape index (κ3) is 5.05. The second-order valence-corrected chi connectivity index (χ2v) is 7.31. The molecule has 0 heterocycles. The molecule has 0 aromatic carbocycles. The van der Waals surface area contributed by atoms with Gasteiger partial charge in [0.05, 0.1) is 17.7 Å². The minimum absolute atomic E-state index is 0.0575. The molecule has 0 aromatic heterocycles. The Morgan fingerprint density at radius 3 is 2.53 bits per heavy atom. The molecule has 2 unspecified atom stereocenters. The van der Waals surface area contributed by atoms with E-state index in [0.29, 0.717) is 6.54 Å². The molecule has 0 radical (unpaired) electrons. The summed E-state index contributed by atoms with van der Waals surface area (Å²) >= 11 is 0. The lowest BCUT2D eigenvalue weighted by molar-refractivity contribution is 0.200. The van der Waals surface area contributed by atoms with Crippen molar-refractivity contribution in [1.29, 1.82) is 5.26 Å². The molecule has 17 heavy (non-hydrogen) atoms. The van der Waals surface area contributed by atoms with Crippen LogP contribution in [0.4, 0.5) is 0 Å². The standard InChI is InChI=1S/C12H22N2O2S/c1-14(8-9-17(2,15)16)12-7-5-3-4-6-11(12)10-13/h11-12H,3-9H2,1-2H3. The highest BCUT2D eigenvalue weighted by Gasteiger charge is 2.27. The predicted molar refractivity (Wildman–Crippen MR) is 68.3 cm³/mol. The van der Waals surface area contributed by atoms with Crippen molar-refractivity contribution in [2.45, 2.75) is 38.1 Å². The molecule has 1 aliphatic carbocycles. The normalized spacial score (nSPS) is 26.5. The molecular weight excluding hydrogens is 236 g/mol. The highest BCUT2D eigenvalue weighted by atomic mass is 32.2. The zero-order valence-corrected chi connectivity index (χ0v) is 11.5. The summed E-state index contributed by atoms with van der Waals surface area (Å²) in [5.41, 5.74) is 0. The van der Waals surface area contributed by atoms with Crippen molar-refractivity contribution >= 4 is 9.84 Å². The summed E-state index contributed by atoms with van der Waals surface area (Å²) < 4.78 is 22.3. The lowest BCUT2D eigenvalue weighted by atomic mass is 9.95. The summed E-state index contributed by atoms with van der Waals surface area (Å²) in [5.74, 6) is 0.236. The van der Waals surface area contributed by atoms with E-state index in [1.807, 2.05) is 7.05 Å². The Morgan fingerprint density at radius 1 is 1.29 bits per heavy atom. The van der Waals surface area contributed by atoms with Crippen LogP contribution in [0.3, 0.4) is 0 Å². The number of nitriles is 1. The fraction of sp³-hybridized carbons (Fsp3) is 0.917. The van der Waals surface area contributed by atoms with Crippen molar-refractivity contribution in [2.75, 3.05) is 25.6 Å². The molecule has 2 atom stereocenters. The molecule has 0 N–H and O–H groups in total. The monoisotopic (exact) mass is 258 g/mol. The molecule has 1 aliphatic rings.